The highest BCUT2D eigenvalue weighted by atomic mass is 16.5. The summed E-state index contributed by atoms with van der Waals surface area (Å²) in [7, 11) is 1.57. The smallest absolute Gasteiger partial charge is 0.328 e. The van der Waals surface area contributed by atoms with Crippen molar-refractivity contribution in [3.05, 3.63) is 46.8 Å². The maximum absolute atomic E-state index is 11.7. The number of benzene rings is 1. The lowest BCUT2D eigenvalue weighted by atomic mass is 10.1. The van der Waals surface area contributed by atoms with Crippen LogP contribution in [0.2, 0.25) is 0 Å². The molecule has 1 atom stereocenters. The van der Waals surface area contributed by atoms with Crippen LogP contribution in [0.4, 0.5) is 0 Å². The predicted molar refractivity (Wildman–Crippen MR) is 72.8 cm³/mol. The van der Waals surface area contributed by atoms with Crippen LogP contribution >= 0.6 is 0 Å². The molecule has 0 unspecified atom stereocenters. The first-order valence-corrected chi connectivity index (χ1v) is 6.00. The first kappa shape index (κ1) is 13.8. The molecule has 6 heteroatoms. The predicted octanol–water partition coefficient (Wildman–Crippen LogP) is 1.56. The molecule has 2 rings (SSSR count). The topological polar surface area (TPSA) is 81.4 Å². The molecule has 0 aliphatic heterocycles. The molecule has 2 aromatic rings. The first-order chi connectivity index (χ1) is 9.52. The zero-order valence-corrected chi connectivity index (χ0v) is 11.1. The summed E-state index contributed by atoms with van der Waals surface area (Å²) in [6.07, 6.45) is 0. The van der Waals surface area contributed by atoms with E-state index in [1.165, 1.54) is 13.0 Å². The van der Waals surface area contributed by atoms with E-state index in [9.17, 15) is 9.59 Å². The SMILES string of the molecule is COc1ccc(-c2ccc(=O)n([C@@H](C)C(=O)O)n2)cc1. The highest BCUT2D eigenvalue weighted by Crippen LogP contribution is 2.19. The van der Waals surface area contributed by atoms with Crippen molar-refractivity contribution in [2.24, 2.45) is 0 Å². The van der Waals surface area contributed by atoms with Gasteiger partial charge < -0.3 is 9.84 Å². The molecule has 104 valence electrons. The second-order valence-corrected chi connectivity index (χ2v) is 4.24. The summed E-state index contributed by atoms with van der Waals surface area (Å²) in [5.74, 6) is -0.396. The van der Waals surface area contributed by atoms with Crippen LogP contribution in [0.3, 0.4) is 0 Å². The van der Waals surface area contributed by atoms with Crippen LogP contribution in [0.25, 0.3) is 11.3 Å². The summed E-state index contributed by atoms with van der Waals surface area (Å²) in [4.78, 5) is 22.6. The van der Waals surface area contributed by atoms with Gasteiger partial charge in [-0.2, -0.15) is 5.10 Å². The molecule has 20 heavy (non-hydrogen) atoms. The fourth-order valence-corrected chi connectivity index (χ4v) is 1.72. The van der Waals surface area contributed by atoms with E-state index in [4.69, 9.17) is 9.84 Å². The summed E-state index contributed by atoms with van der Waals surface area (Å²) >= 11 is 0. The molecule has 0 bridgehead atoms. The minimum atomic E-state index is -1.11. The van der Waals surface area contributed by atoms with Crippen molar-refractivity contribution >= 4 is 5.97 Å². The Morgan fingerprint density at radius 1 is 1.25 bits per heavy atom. The molecule has 1 N–H and O–H groups in total. The van der Waals surface area contributed by atoms with Gasteiger partial charge in [-0.15, -0.1) is 0 Å². The lowest BCUT2D eigenvalue weighted by Gasteiger charge is -2.10. The van der Waals surface area contributed by atoms with E-state index in [1.54, 1.807) is 37.4 Å². The molecule has 0 amide bonds. The van der Waals surface area contributed by atoms with Crippen molar-refractivity contribution < 1.29 is 14.6 Å². The zero-order chi connectivity index (χ0) is 14.7. The van der Waals surface area contributed by atoms with Crippen molar-refractivity contribution in [3.63, 3.8) is 0 Å². The molecule has 6 nitrogen and oxygen atoms in total. The minimum Gasteiger partial charge on any atom is -0.497 e. The van der Waals surface area contributed by atoms with Crippen LogP contribution in [-0.4, -0.2) is 28.0 Å². The molecule has 0 spiro atoms. The van der Waals surface area contributed by atoms with Gasteiger partial charge in [0.1, 0.15) is 5.75 Å². The van der Waals surface area contributed by atoms with E-state index in [1.807, 2.05) is 0 Å². The second-order valence-electron chi connectivity index (χ2n) is 4.24. The van der Waals surface area contributed by atoms with Gasteiger partial charge in [-0.1, -0.05) is 0 Å². The molecule has 1 heterocycles. The number of rotatable bonds is 4. The van der Waals surface area contributed by atoms with E-state index < -0.39 is 17.6 Å². The van der Waals surface area contributed by atoms with Crippen LogP contribution in [0.1, 0.15) is 13.0 Å². The number of carboxylic acid groups (broad SMARTS) is 1. The Morgan fingerprint density at radius 2 is 1.90 bits per heavy atom. The number of methoxy groups -OCH3 is 1. The van der Waals surface area contributed by atoms with Crippen LogP contribution in [0.5, 0.6) is 5.75 Å². The lowest BCUT2D eigenvalue weighted by Crippen LogP contribution is -2.29. The fourth-order valence-electron chi connectivity index (χ4n) is 1.72. The normalized spacial score (nSPS) is 11.9. The maximum Gasteiger partial charge on any atom is 0.328 e. The van der Waals surface area contributed by atoms with Gasteiger partial charge in [0, 0.05) is 11.6 Å². The molecular weight excluding hydrogens is 260 g/mol. The minimum absolute atomic E-state index is 0.447. The first-order valence-electron chi connectivity index (χ1n) is 6.00. The van der Waals surface area contributed by atoms with Crippen molar-refractivity contribution in [2.75, 3.05) is 7.11 Å². The third-order valence-corrected chi connectivity index (χ3v) is 2.94. The number of nitrogens with zero attached hydrogens (tertiary/aromatic N) is 2. The van der Waals surface area contributed by atoms with E-state index in [-0.39, 0.29) is 0 Å². The van der Waals surface area contributed by atoms with Crippen molar-refractivity contribution in [2.45, 2.75) is 13.0 Å². The molecule has 0 saturated heterocycles. The highest BCUT2D eigenvalue weighted by molar-refractivity contribution is 5.71. The maximum atomic E-state index is 11.7. The Hall–Kier alpha value is -2.63. The van der Waals surface area contributed by atoms with Gasteiger partial charge in [-0.05, 0) is 37.3 Å². The number of aromatic nitrogens is 2. The van der Waals surface area contributed by atoms with E-state index >= 15 is 0 Å². The van der Waals surface area contributed by atoms with Crippen LogP contribution in [0.15, 0.2) is 41.2 Å². The average Bonchev–Trinajstić information content (AvgIpc) is 2.47. The molecule has 0 aliphatic rings. The van der Waals surface area contributed by atoms with E-state index in [2.05, 4.69) is 5.10 Å². The summed E-state index contributed by atoms with van der Waals surface area (Å²) < 4.78 is 6.02. The largest absolute Gasteiger partial charge is 0.497 e. The van der Waals surface area contributed by atoms with Crippen molar-refractivity contribution in [1.82, 2.24) is 9.78 Å². The van der Waals surface area contributed by atoms with Crippen molar-refractivity contribution in [3.8, 4) is 17.0 Å². The summed E-state index contributed by atoms with van der Waals surface area (Å²) in [6, 6.07) is 8.99. The van der Waals surface area contributed by atoms with Gasteiger partial charge in [0.05, 0.1) is 12.8 Å². The Bertz CT molecular complexity index is 676. The molecule has 0 radical (unpaired) electrons. The number of carbonyl (C=O) groups is 1. The summed E-state index contributed by atoms with van der Waals surface area (Å²) in [5.41, 5.74) is 0.856. The third kappa shape index (κ3) is 2.69. The molecule has 0 aliphatic carbocycles. The number of ether oxygens (including phenoxy) is 1. The average molecular weight is 274 g/mol. The lowest BCUT2D eigenvalue weighted by molar-refractivity contribution is -0.140. The van der Waals surface area contributed by atoms with Gasteiger partial charge in [-0.3, -0.25) is 4.79 Å². The quantitative estimate of drug-likeness (QED) is 0.915. The standard InChI is InChI=1S/C14H14N2O4/c1-9(14(18)19)16-13(17)8-7-12(15-16)10-3-5-11(20-2)6-4-10/h3-9H,1-2H3,(H,18,19)/t9-/m0/s1. The number of carboxylic acids is 1. The number of hydrogen-bond acceptors (Lipinski definition) is 4. The van der Waals surface area contributed by atoms with E-state index in [0.717, 1.165) is 10.2 Å². The molecular formula is C14H14N2O4. The Kier molecular flexibility index (Phi) is 3.84. The van der Waals surface area contributed by atoms with Gasteiger partial charge in [0.2, 0.25) is 0 Å². The summed E-state index contributed by atoms with van der Waals surface area (Å²) in [5, 5.41) is 13.1. The van der Waals surface area contributed by atoms with Crippen molar-refractivity contribution in [1.29, 1.82) is 0 Å². The zero-order valence-electron chi connectivity index (χ0n) is 11.1. The Balaban J connectivity index is 2.45. The highest BCUT2D eigenvalue weighted by Gasteiger charge is 2.16. The van der Waals surface area contributed by atoms with Gasteiger partial charge in [0.15, 0.2) is 6.04 Å². The van der Waals surface area contributed by atoms with Gasteiger partial charge in [-0.25, -0.2) is 9.48 Å². The molecule has 1 aromatic carbocycles. The van der Waals surface area contributed by atoms with Gasteiger partial charge in [0.25, 0.3) is 5.56 Å². The Labute approximate surface area is 115 Å². The van der Waals surface area contributed by atoms with Crippen LogP contribution in [0, 0.1) is 0 Å². The number of aliphatic carboxylic acids is 1. The van der Waals surface area contributed by atoms with Crippen LogP contribution < -0.4 is 10.3 Å². The van der Waals surface area contributed by atoms with E-state index in [0.29, 0.717) is 11.4 Å². The molecule has 0 saturated carbocycles. The van der Waals surface area contributed by atoms with Crippen LogP contribution in [-0.2, 0) is 4.79 Å². The Morgan fingerprint density at radius 3 is 2.45 bits per heavy atom. The fraction of sp³-hybridized carbons (Fsp3) is 0.214. The summed E-state index contributed by atoms with van der Waals surface area (Å²) in [6.45, 7) is 1.41. The van der Waals surface area contributed by atoms with Gasteiger partial charge >= 0.3 is 5.97 Å². The molecule has 0 fully saturated rings. The monoisotopic (exact) mass is 274 g/mol. The third-order valence-electron chi connectivity index (χ3n) is 2.94. The number of hydrogen-bond donors (Lipinski definition) is 1. The molecule has 1 aromatic heterocycles. The second kappa shape index (κ2) is 5.56.